The van der Waals surface area contributed by atoms with E-state index in [9.17, 15) is 5.11 Å². The molecule has 16 heavy (non-hydrogen) atoms. The van der Waals surface area contributed by atoms with Crippen molar-refractivity contribution >= 4 is 11.8 Å². The minimum absolute atomic E-state index is 0.186. The highest BCUT2D eigenvalue weighted by Gasteiger charge is 2.19. The third-order valence-electron chi connectivity index (χ3n) is 2.78. The van der Waals surface area contributed by atoms with Crippen LogP contribution in [-0.4, -0.2) is 35.2 Å². The molecule has 88 valence electrons. The zero-order chi connectivity index (χ0) is 11.4. The summed E-state index contributed by atoms with van der Waals surface area (Å²) in [5, 5.41) is 21.4. The number of benzene rings is 1. The molecule has 1 aliphatic rings. The van der Waals surface area contributed by atoms with Crippen LogP contribution in [0, 0.1) is 0 Å². The number of nitrogens with one attached hydrogen (secondary N) is 1. The summed E-state index contributed by atoms with van der Waals surface area (Å²) in [5.41, 5.74) is 2.70. The van der Waals surface area contributed by atoms with Crippen molar-refractivity contribution in [2.24, 2.45) is 0 Å². The monoisotopic (exact) mass is 239 g/mol. The average molecular weight is 239 g/mol. The summed E-state index contributed by atoms with van der Waals surface area (Å²) in [7, 11) is 0. The van der Waals surface area contributed by atoms with E-state index >= 15 is 0 Å². The number of thioether (sulfide) groups is 1. The highest BCUT2D eigenvalue weighted by Crippen LogP contribution is 2.31. The molecule has 3 N–H and O–H groups in total. The number of rotatable bonds is 4. The van der Waals surface area contributed by atoms with Crippen LogP contribution in [0.1, 0.15) is 17.2 Å². The molecule has 0 aliphatic carbocycles. The summed E-state index contributed by atoms with van der Waals surface area (Å²) < 4.78 is 0. The maximum Gasteiger partial charge on any atom is 0.0895 e. The van der Waals surface area contributed by atoms with Gasteiger partial charge < -0.3 is 15.5 Å². The molecule has 1 heterocycles. The van der Waals surface area contributed by atoms with Gasteiger partial charge in [0, 0.05) is 24.1 Å². The van der Waals surface area contributed by atoms with Gasteiger partial charge in [0.1, 0.15) is 0 Å². The van der Waals surface area contributed by atoms with Crippen LogP contribution < -0.4 is 5.32 Å². The number of hydrogen-bond acceptors (Lipinski definition) is 4. The Bertz CT molecular complexity index is 346. The first-order chi connectivity index (χ1) is 7.81. The molecular weight excluding hydrogens is 222 g/mol. The average Bonchev–Trinajstić information content (AvgIpc) is 2.35. The standard InChI is InChI=1S/C12H17NO2S/c14-6-10(15)5-13-12-8-16-7-9-3-1-2-4-11(9)12/h1-4,10,12-15H,5-8H2. The summed E-state index contributed by atoms with van der Waals surface area (Å²) in [6.07, 6.45) is -0.668. The van der Waals surface area contributed by atoms with Gasteiger partial charge >= 0.3 is 0 Å². The summed E-state index contributed by atoms with van der Waals surface area (Å²) in [6, 6.07) is 8.68. The minimum atomic E-state index is -0.668. The normalized spacial score (nSPS) is 21.5. The quantitative estimate of drug-likeness (QED) is 0.731. The maximum atomic E-state index is 9.32. The van der Waals surface area contributed by atoms with Gasteiger partial charge in [0.25, 0.3) is 0 Å². The molecule has 0 spiro atoms. The van der Waals surface area contributed by atoms with Crippen LogP contribution in [0.4, 0.5) is 0 Å². The molecule has 2 atom stereocenters. The first-order valence-electron chi connectivity index (χ1n) is 5.49. The van der Waals surface area contributed by atoms with E-state index in [1.807, 2.05) is 17.8 Å². The van der Waals surface area contributed by atoms with E-state index in [4.69, 9.17) is 5.11 Å². The predicted molar refractivity (Wildman–Crippen MR) is 66.4 cm³/mol. The fraction of sp³-hybridized carbons (Fsp3) is 0.500. The molecular formula is C12H17NO2S. The number of fused-ring (bicyclic) bond motifs is 1. The van der Waals surface area contributed by atoms with Gasteiger partial charge in [-0.25, -0.2) is 0 Å². The maximum absolute atomic E-state index is 9.32. The van der Waals surface area contributed by atoms with Crippen molar-refractivity contribution in [3.8, 4) is 0 Å². The van der Waals surface area contributed by atoms with Gasteiger partial charge in [0.15, 0.2) is 0 Å². The second-order valence-corrected chi connectivity index (χ2v) is 5.04. The summed E-state index contributed by atoms with van der Waals surface area (Å²) in [6.45, 7) is 0.255. The van der Waals surface area contributed by atoms with Gasteiger partial charge in [-0.2, -0.15) is 11.8 Å². The molecule has 0 radical (unpaired) electrons. The zero-order valence-corrected chi connectivity index (χ0v) is 9.91. The second-order valence-electron chi connectivity index (χ2n) is 4.01. The van der Waals surface area contributed by atoms with E-state index < -0.39 is 6.10 Å². The minimum Gasteiger partial charge on any atom is -0.394 e. The van der Waals surface area contributed by atoms with Crippen LogP contribution in [0.3, 0.4) is 0 Å². The number of aliphatic hydroxyl groups excluding tert-OH is 2. The van der Waals surface area contributed by atoms with Crippen LogP contribution in [0.15, 0.2) is 24.3 Å². The third-order valence-corrected chi connectivity index (χ3v) is 3.87. The number of aliphatic hydroxyl groups is 2. The lowest BCUT2D eigenvalue weighted by Gasteiger charge is -2.26. The Kier molecular flexibility index (Phi) is 4.23. The first kappa shape index (κ1) is 11.9. The van der Waals surface area contributed by atoms with Crippen molar-refractivity contribution in [1.29, 1.82) is 0 Å². The molecule has 0 aromatic heterocycles. The molecule has 1 aromatic rings. The van der Waals surface area contributed by atoms with Crippen molar-refractivity contribution in [2.75, 3.05) is 18.9 Å². The Balaban J connectivity index is 2.01. The molecule has 3 nitrogen and oxygen atoms in total. The van der Waals surface area contributed by atoms with E-state index in [0.717, 1.165) is 11.5 Å². The smallest absolute Gasteiger partial charge is 0.0895 e. The first-order valence-corrected chi connectivity index (χ1v) is 6.64. The van der Waals surface area contributed by atoms with Crippen LogP contribution in [0.5, 0.6) is 0 Å². The van der Waals surface area contributed by atoms with Gasteiger partial charge in [-0.3, -0.25) is 0 Å². The Labute approximate surface area is 99.9 Å². The lowest BCUT2D eigenvalue weighted by molar-refractivity contribution is 0.0924. The molecule has 2 unspecified atom stereocenters. The van der Waals surface area contributed by atoms with Gasteiger partial charge in [0.2, 0.25) is 0 Å². The SMILES string of the molecule is OCC(O)CNC1CSCc2ccccc21. The highest BCUT2D eigenvalue weighted by molar-refractivity contribution is 7.98. The Hall–Kier alpha value is -0.550. The molecule has 0 fully saturated rings. The fourth-order valence-corrected chi connectivity index (χ4v) is 3.03. The Morgan fingerprint density at radius 2 is 2.25 bits per heavy atom. The molecule has 0 amide bonds. The van der Waals surface area contributed by atoms with Gasteiger partial charge in [-0.05, 0) is 11.1 Å². The summed E-state index contributed by atoms with van der Waals surface area (Å²) in [4.78, 5) is 0. The molecule has 1 aromatic carbocycles. The van der Waals surface area contributed by atoms with Crippen molar-refractivity contribution in [2.45, 2.75) is 17.9 Å². The zero-order valence-electron chi connectivity index (χ0n) is 9.10. The van der Waals surface area contributed by atoms with Gasteiger partial charge in [0.05, 0.1) is 12.7 Å². The van der Waals surface area contributed by atoms with E-state index in [0.29, 0.717) is 6.54 Å². The molecule has 1 aliphatic heterocycles. The Morgan fingerprint density at radius 3 is 3.06 bits per heavy atom. The Morgan fingerprint density at radius 1 is 1.44 bits per heavy atom. The summed E-state index contributed by atoms with van der Waals surface area (Å²) in [5.74, 6) is 2.09. The van der Waals surface area contributed by atoms with Crippen molar-refractivity contribution in [1.82, 2.24) is 5.32 Å². The summed E-state index contributed by atoms with van der Waals surface area (Å²) >= 11 is 1.90. The topological polar surface area (TPSA) is 52.5 Å². The van der Waals surface area contributed by atoms with Crippen molar-refractivity contribution in [3.63, 3.8) is 0 Å². The molecule has 0 saturated carbocycles. The fourth-order valence-electron chi connectivity index (χ4n) is 1.89. The van der Waals surface area contributed by atoms with Crippen molar-refractivity contribution in [3.05, 3.63) is 35.4 Å². The molecule has 2 rings (SSSR count). The van der Waals surface area contributed by atoms with Crippen LogP contribution in [0.25, 0.3) is 0 Å². The number of hydrogen-bond donors (Lipinski definition) is 3. The van der Waals surface area contributed by atoms with Crippen LogP contribution in [-0.2, 0) is 5.75 Å². The van der Waals surface area contributed by atoms with Crippen molar-refractivity contribution < 1.29 is 10.2 Å². The van der Waals surface area contributed by atoms with Gasteiger partial charge in [-0.15, -0.1) is 0 Å². The molecule has 4 heteroatoms. The van der Waals surface area contributed by atoms with E-state index in [1.165, 1.54) is 11.1 Å². The third kappa shape index (κ3) is 2.77. The largest absolute Gasteiger partial charge is 0.394 e. The van der Waals surface area contributed by atoms with E-state index in [2.05, 4.69) is 23.5 Å². The predicted octanol–water partition coefficient (Wildman–Crippen LogP) is 0.917. The van der Waals surface area contributed by atoms with Crippen LogP contribution in [0.2, 0.25) is 0 Å². The molecule has 0 saturated heterocycles. The van der Waals surface area contributed by atoms with Crippen LogP contribution >= 0.6 is 11.8 Å². The lowest BCUT2D eigenvalue weighted by atomic mass is 10.0. The van der Waals surface area contributed by atoms with Gasteiger partial charge in [-0.1, -0.05) is 24.3 Å². The van der Waals surface area contributed by atoms with E-state index in [-0.39, 0.29) is 12.6 Å². The lowest BCUT2D eigenvalue weighted by Crippen LogP contribution is -2.34. The molecule has 0 bridgehead atoms. The highest BCUT2D eigenvalue weighted by atomic mass is 32.2. The second kappa shape index (κ2) is 5.68. The van der Waals surface area contributed by atoms with E-state index in [1.54, 1.807) is 0 Å².